The Kier molecular flexibility index (Phi) is 5.29. The van der Waals surface area contributed by atoms with Crippen LogP contribution in [-0.4, -0.2) is 36.3 Å². The number of hydrogen-bond donors (Lipinski definition) is 1. The van der Waals surface area contributed by atoms with Crippen molar-refractivity contribution in [2.45, 2.75) is 51.5 Å². The lowest BCUT2D eigenvalue weighted by Crippen LogP contribution is -2.39. The van der Waals surface area contributed by atoms with Crippen molar-refractivity contribution in [1.82, 2.24) is 10.2 Å². The summed E-state index contributed by atoms with van der Waals surface area (Å²) in [6, 6.07) is 0.415. The van der Waals surface area contributed by atoms with Gasteiger partial charge in [-0.05, 0) is 12.8 Å². The van der Waals surface area contributed by atoms with Gasteiger partial charge in [0.1, 0.15) is 0 Å². The van der Waals surface area contributed by atoms with Gasteiger partial charge in [0.25, 0.3) is 0 Å². The Bertz CT molecular complexity index is 247. The van der Waals surface area contributed by atoms with E-state index in [4.69, 9.17) is 0 Å². The first-order valence-corrected chi connectivity index (χ1v) is 6.11. The third-order valence-corrected chi connectivity index (χ3v) is 3.23. The number of nitrogens with zero attached hydrogens (tertiary/aromatic N) is 1. The summed E-state index contributed by atoms with van der Waals surface area (Å²) in [5, 5.41) is 2.65. The summed E-state index contributed by atoms with van der Waals surface area (Å²) >= 11 is 0. The Balaban J connectivity index is 2.26. The maximum Gasteiger partial charge on any atom is 0.224 e. The minimum atomic E-state index is -0.0758. The van der Waals surface area contributed by atoms with Crippen LogP contribution in [0.1, 0.15) is 45.4 Å². The molecule has 16 heavy (non-hydrogen) atoms. The minimum absolute atomic E-state index is 0.0758. The summed E-state index contributed by atoms with van der Waals surface area (Å²) in [7, 11) is 1.88. The average molecular weight is 226 g/mol. The van der Waals surface area contributed by atoms with E-state index in [1.54, 1.807) is 0 Å². The van der Waals surface area contributed by atoms with E-state index in [0.29, 0.717) is 19.0 Å². The highest BCUT2D eigenvalue weighted by molar-refractivity contribution is 5.78. The monoisotopic (exact) mass is 226 g/mol. The predicted molar refractivity (Wildman–Crippen MR) is 62.9 cm³/mol. The standard InChI is InChI=1S/C12H22N2O2/c1-10(15)13-9-8-12(16)14(2)11-6-4-3-5-7-11/h11H,3-9H2,1-2H3,(H,13,15). The Labute approximate surface area is 97.4 Å². The lowest BCUT2D eigenvalue weighted by Gasteiger charge is -2.31. The number of hydrogen-bond acceptors (Lipinski definition) is 2. The summed E-state index contributed by atoms with van der Waals surface area (Å²) in [5.74, 6) is 0.0637. The molecule has 2 amide bonds. The fraction of sp³-hybridized carbons (Fsp3) is 0.833. The Hall–Kier alpha value is -1.06. The molecule has 1 rings (SSSR count). The molecule has 0 unspecified atom stereocenters. The van der Waals surface area contributed by atoms with Crippen molar-refractivity contribution in [3.8, 4) is 0 Å². The highest BCUT2D eigenvalue weighted by Crippen LogP contribution is 2.21. The van der Waals surface area contributed by atoms with Crippen LogP contribution in [0.2, 0.25) is 0 Å². The maximum absolute atomic E-state index is 11.8. The molecule has 4 nitrogen and oxygen atoms in total. The van der Waals surface area contributed by atoms with Gasteiger partial charge in [0.15, 0.2) is 0 Å². The molecule has 0 aromatic carbocycles. The van der Waals surface area contributed by atoms with Crippen LogP contribution in [-0.2, 0) is 9.59 Å². The molecule has 0 radical (unpaired) electrons. The van der Waals surface area contributed by atoms with E-state index >= 15 is 0 Å². The van der Waals surface area contributed by atoms with E-state index in [1.807, 2.05) is 11.9 Å². The van der Waals surface area contributed by atoms with Gasteiger partial charge in [-0.1, -0.05) is 19.3 Å². The molecule has 0 bridgehead atoms. The second-order valence-electron chi connectivity index (χ2n) is 4.53. The van der Waals surface area contributed by atoms with Gasteiger partial charge in [0.05, 0.1) is 0 Å². The molecule has 4 heteroatoms. The zero-order valence-corrected chi connectivity index (χ0v) is 10.3. The smallest absolute Gasteiger partial charge is 0.224 e. The molecule has 1 aliphatic rings. The molecule has 0 aliphatic heterocycles. The topological polar surface area (TPSA) is 49.4 Å². The van der Waals surface area contributed by atoms with Crippen LogP contribution < -0.4 is 5.32 Å². The van der Waals surface area contributed by atoms with Crippen molar-refractivity contribution < 1.29 is 9.59 Å². The molecule has 0 atom stereocenters. The van der Waals surface area contributed by atoms with E-state index in [-0.39, 0.29) is 11.8 Å². The van der Waals surface area contributed by atoms with Crippen LogP contribution in [0, 0.1) is 0 Å². The van der Waals surface area contributed by atoms with Crippen LogP contribution in [0.3, 0.4) is 0 Å². The van der Waals surface area contributed by atoms with Crippen molar-refractivity contribution in [3.05, 3.63) is 0 Å². The molecule has 1 saturated carbocycles. The van der Waals surface area contributed by atoms with Crippen molar-refractivity contribution >= 4 is 11.8 Å². The van der Waals surface area contributed by atoms with Gasteiger partial charge < -0.3 is 10.2 Å². The molecule has 1 N–H and O–H groups in total. The Morgan fingerprint density at radius 3 is 2.44 bits per heavy atom. The van der Waals surface area contributed by atoms with E-state index in [2.05, 4.69) is 5.32 Å². The Morgan fingerprint density at radius 1 is 1.25 bits per heavy atom. The largest absolute Gasteiger partial charge is 0.356 e. The molecule has 0 saturated heterocycles. The predicted octanol–water partition coefficient (Wildman–Crippen LogP) is 1.30. The first kappa shape index (κ1) is 13.0. The fourth-order valence-electron chi connectivity index (χ4n) is 2.19. The van der Waals surface area contributed by atoms with Gasteiger partial charge in [-0.25, -0.2) is 0 Å². The minimum Gasteiger partial charge on any atom is -0.356 e. The third-order valence-electron chi connectivity index (χ3n) is 3.23. The van der Waals surface area contributed by atoms with Crippen LogP contribution >= 0.6 is 0 Å². The average Bonchev–Trinajstić information content (AvgIpc) is 2.28. The van der Waals surface area contributed by atoms with E-state index in [0.717, 1.165) is 12.8 Å². The van der Waals surface area contributed by atoms with Crippen molar-refractivity contribution in [3.63, 3.8) is 0 Å². The first-order valence-electron chi connectivity index (χ1n) is 6.11. The summed E-state index contributed by atoms with van der Waals surface area (Å²) in [4.78, 5) is 24.3. The van der Waals surface area contributed by atoms with Crippen LogP contribution in [0.5, 0.6) is 0 Å². The van der Waals surface area contributed by atoms with Crippen LogP contribution in [0.4, 0.5) is 0 Å². The molecule has 92 valence electrons. The van der Waals surface area contributed by atoms with Crippen LogP contribution in [0.15, 0.2) is 0 Å². The van der Waals surface area contributed by atoms with E-state index in [1.165, 1.54) is 26.2 Å². The molecular formula is C12H22N2O2. The first-order chi connectivity index (χ1) is 7.61. The van der Waals surface area contributed by atoms with Crippen molar-refractivity contribution in [1.29, 1.82) is 0 Å². The summed E-state index contributed by atoms with van der Waals surface area (Å²) < 4.78 is 0. The molecule has 0 aromatic rings. The zero-order valence-electron chi connectivity index (χ0n) is 10.3. The van der Waals surface area contributed by atoms with Crippen molar-refractivity contribution in [2.24, 2.45) is 0 Å². The Morgan fingerprint density at radius 2 is 1.88 bits per heavy atom. The number of amides is 2. The highest BCUT2D eigenvalue weighted by atomic mass is 16.2. The third kappa shape index (κ3) is 4.21. The molecular weight excluding hydrogens is 204 g/mol. The SMILES string of the molecule is CC(=O)NCCC(=O)N(C)C1CCCCC1. The number of nitrogens with one attached hydrogen (secondary N) is 1. The maximum atomic E-state index is 11.8. The summed E-state index contributed by atoms with van der Waals surface area (Å²) in [5.41, 5.74) is 0. The lowest BCUT2D eigenvalue weighted by atomic mass is 9.94. The molecule has 1 aliphatic carbocycles. The second kappa shape index (κ2) is 6.51. The number of carbonyl (C=O) groups excluding carboxylic acids is 2. The normalized spacial score (nSPS) is 16.9. The van der Waals surface area contributed by atoms with Gasteiger partial charge in [0.2, 0.25) is 11.8 Å². The molecule has 0 spiro atoms. The van der Waals surface area contributed by atoms with Gasteiger partial charge >= 0.3 is 0 Å². The van der Waals surface area contributed by atoms with Gasteiger partial charge in [-0.2, -0.15) is 0 Å². The van der Waals surface area contributed by atoms with Gasteiger partial charge in [0, 0.05) is 33.0 Å². The molecule has 0 aromatic heterocycles. The van der Waals surface area contributed by atoms with Crippen molar-refractivity contribution in [2.75, 3.05) is 13.6 Å². The summed E-state index contributed by atoms with van der Waals surface area (Å²) in [6.45, 7) is 1.92. The molecule has 1 fully saturated rings. The number of carbonyl (C=O) groups is 2. The number of rotatable bonds is 4. The van der Waals surface area contributed by atoms with E-state index in [9.17, 15) is 9.59 Å². The fourth-order valence-corrected chi connectivity index (χ4v) is 2.19. The molecule has 0 heterocycles. The van der Waals surface area contributed by atoms with Gasteiger partial charge in [-0.3, -0.25) is 9.59 Å². The highest BCUT2D eigenvalue weighted by Gasteiger charge is 2.21. The quantitative estimate of drug-likeness (QED) is 0.785. The van der Waals surface area contributed by atoms with Crippen LogP contribution in [0.25, 0.3) is 0 Å². The lowest BCUT2D eigenvalue weighted by molar-refractivity contribution is -0.132. The zero-order chi connectivity index (χ0) is 12.0. The van der Waals surface area contributed by atoms with Gasteiger partial charge in [-0.15, -0.1) is 0 Å². The second-order valence-corrected chi connectivity index (χ2v) is 4.53. The van der Waals surface area contributed by atoms with E-state index < -0.39 is 0 Å². The summed E-state index contributed by atoms with van der Waals surface area (Å²) in [6.07, 6.45) is 6.42.